The first kappa shape index (κ1) is 19.7. The van der Waals surface area contributed by atoms with E-state index in [4.69, 9.17) is 5.73 Å². The van der Waals surface area contributed by atoms with Gasteiger partial charge in [-0.05, 0) is 44.6 Å². The fourth-order valence-electron chi connectivity index (χ4n) is 1.96. The number of hydrogen-bond donors (Lipinski definition) is 3. The molecular formula is C16H26IN5O. The number of hydrogen-bond acceptors (Lipinski definition) is 3. The largest absolute Gasteiger partial charge is 0.370 e. The van der Waals surface area contributed by atoms with Gasteiger partial charge in [0.25, 0.3) is 5.91 Å². The average Bonchev–Trinajstić information content (AvgIpc) is 3.29. The van der Waals surface area contributed by atoms with Crippen LogP contribution in [-0.2, 0) is 6.54 Å². The quantitative estimate of drug-likeness (QED) is 0.344. The van der Waals surface area contributed by atoms with Crippen LogP contribution in [0.1, 0.15) is 28.8 Å². The van der Waals surface area contributed by atoms with Gasteiger partial charge in [0.05, 0.1) is 6.54 Å². The molecule has 2 rings (SSSR count). The van der Waals surface area contributed by atoms with Gasteiger partial charge in [-0.1, -0.05) is 12.1 Å². The third-order valence-electron chi connectivity index (χ3n) is 3.40. The molecule has 0 aliphatic heterocycles. The predicted octanol–water partition coefficient (Wildman–Crippen LogP) is 1.16. The van der Waals surface area contributed by atoms with Crippen LogP contribution in [0.2, 0.25) is 0 Å². The number of guanidine groups is 1. The lowest BCUT2D eigenvalue weighted by Gasteiger charge is -2.10. The number of amides is 1. The van der Waals surface area contributed by atoms with Crippen LogP contribution in [0.15, 0.2) is 29.3 Å². The molecule has 0 atom stereocenters. The molecule has 0 radical (unpaired) electrons. The molecule has 0 aromatic heterocycles. The summed E-state index contributed by atoms with van der Waals surface area (Å²) in [4.78, 5) is 18.4. The fourth-order valence-corrected chi connectivity index (χ4v) is 1.96. The van der Waals surface area contributed by atoms with Gasteiger partial charge in [-0.15, -0.1) is 24.0 Å². The van der Waals surface area contributed by atoms with Gasteiger partial charge in [-0.2, -0.15) is 0 Å². The number of benzene rings is 1. The molecule has 0 saturated heterocycles. The Morgan fingerprint density at radius 1 is 1.39 bits per heavy atom. The normalized spacial score (nSPS) is 14.3. The lowest BCUT2D eigenvalue weighted by Crippen LogP contribution is -2.33. The van der Waals surface area contributed by atoms with Gasteiger partial charge < -0.3 is 21.3 Å². The molecule has 1 amide bonds. The van der Waals surface area contributed by atoms with Crippen molar-refractivity contribution in [3.63, 3.8) is 0 Å². The first-order valence-corrected chi connectivity index (χ1v) is 7.63. The molecule has 23 heavy (non-hydrogen) atoms. The maximum atomic E-state index is 12.1. The summed E-state index contributed by atoms with van der Waals surface area (Å²) in [5.74, 6) is 0.417. The van der Waals surface area contributed by atoms with Crippen LogP contribution in [0, 0.1) is 0 Å². The molecule has 0 unspecified atom stereocenters. The Bertz CT molecular complexity index is 543. The summed E-state index contributed by atoms with van der Waals surface area (Å²) in [6.07, 6.45) is 2.33. The van der Waals surface area contributed by atoms with Gasteiger partial charge in [-0.3, -0.25) is 4.79 Å². The van der Waals surface area contributed by atoms with E-state index in [1.165, 1.54) is 12.8 Å². The number of nitrogens with two attached hydrogens (primary N) is 1. The second-order valence-corrected chi connectivity index (χ2v) is 5.88. The third-order valence-corrected chi connectivity index (χ3v) is 3.40. The standard InChI is InChI=1S/C16H25N5O.HI/c1-21(2)9-8-18-15(22)13-5-3-4-12(10-13)11-19-16(17)20-14-6-7-14;/h3-5,10,14H,6-9,11H2,1-2H3,(H,18,22)(H3,17,19,20);1H. The Balaban J connectivity index is 0.00000264. The molecule has 7 heteroatoms. The van der Waals surface area contributed by atoms with Crippen LogP contribution in [0.25, 0.3) is 0 Å². The monoisotopic (exact) mass is 431 g/mol. The molecule has 1 saturated carbocycles. The van der Waals surface area contributed by atoms with E-state index in [2.05, 4.69) is 15.6 Å². The SMILES string of the molecule is CN(C)CCNC(=O)c1cccc(CN=C(N)NC2CC2)c1.I. The number of halogens is 1. The Morgan fingerprint density at radius 2 is 2.13 bits per heavy atom. The van der Waals surface area contributed by atoms with E-state index < -0.39 is 0 Å². The van der Waals surface area contributed by atoms with Crippen molar-refractivity contribution in [2.24, 2.45) is 10.7 Å². The van der Waals surface area contributed by atoms with E-state index in [1.807, 2.05) is 43.3 Å². The van der Waals surface area contributed by atoms with Gasteiger partial charge >= 0.3 is 0 Å². The fraction of sp³-hybridized carbons (Fsp3) is 0.500. The predicted molar refractivity (Wildman–Crippen MR) is 104 cm³/mol. The molecular weight excluding hydrogens is 405 g/mol. The number of rotatable bonds is 7. The van der Waals surface area contributed by atoms with Crippen molar-refractivity contribution in [3.05, 3.63) is 35.4 Å². The lowest BCUT2D eigenvalue weighted by atomic mass is 10.1. The van der Waals surface area contributed by atoms with Crippen LogP contribution in [0.5, 0.6) is 0 Å². The summed E-state index contributed by atoms with van der Waals surface area (Å²) in [7, 11) is 3.95. The number of carbonyl (C=O) groups is 1. The van der Waals surface area contributed by atoms with Crippen molar-refractivity contribution in [3.8, 4) is 0 Å². The average molecular weight is 431 g/mol. The number of nitrogens with one attached hydrogen (secondary N) is 2. The molecule has 0 bridgehead atoms. The topological polar surface area (TPSA) is 82.8 Å². The number of carbonyl (C=O) groups excluding carboxylic acids is 1. The molecule has 128 valence electrons. The zero-order chi connectivity index (χ0) is 15.9. The first-order chi connectivity index (χ1) is 10.5. The summed E-state index contributed by atoms with van der Waals surface area (Å²) >= 11 is 0. The molecule has 6 nitrogen and oxygen atoms in total. The minimum Gasteiger partial charge on any atom is -0.370 e. The number of likely N-dealkylation sites (N-methyl/N-ethyl adjacent to an activating group) is 1. The second-order valence-electron chi connectivity index (χ2n) is 5.88. The lowest BCUT2D eigenvalue weighted by molar-refractivity contribution is 0.0951. The summed E-state index contributed by atoms with van der Waals surface area (Å²) in [5.41, 5.74) is 7.44. The zero-order valence-electron chi connectivity index (χ0n) is 13.7. The smallest absolute Gasteiger partial charge is 0.251 e. The molecule has 1 aromatic carbocycles. The third kappa shape index (κ3) is 7.65. The van der Waals surface area contributed by atoms with Crippen molar-refractivity contribution in [1.82, 2.24) is 15.5 Å². The molecule has 1 aliphatic rings. The van der Waals surface area contributed by atoms with Gasteiger partial charge in [0.1, 0.15) is 0 Å². The van der Waals surface area contributed by atoms with E-state index in [0.29, 0.717) is 30.7 Å². The molecule has 4 N–H and O–H groups in total. The van der Waals surface area contributed by atoms with Crippen molar-refractivity contribution in [2.75, 3.05) is 27.2 Å². The van der Waals surface area contributed by atoms with Crippen LogP contribution >= 0.6 is 24.0 Å². The van der Waals surface area contributed by atoms with E-state index in [0.717, 1.165) is 12.1 Å². The maximum absolute atomic E-state index is 12.1. The van der Waals surface area contributed by atoms with E-state index in [-0.39, 0.29) is 29.9 Å². The van der Waals surface area contributed by atoms with Gasteiger partial charge in [0, 0.05) is 24.7 Å². The van der Waals surface area contributed by atoms with Crippen LogP contribution in [-0.4, -0.2) is 50.0 Å². The number of aliphatic imine (C=N–C) groups is 1. The van der Waals surface area contributed by atoms with Crippen molar-refractivity contribution >= 4 is 35.8 Å². The highest BCUT2D eigenvalue weighted by Gasteiger charge is 2.21. The van der Waals surface area contributed by atoms with E-state index in [9.17, 15) is 4.79 Å². The molecule has 0 spiro atoms. The Labute approximate surface area is 154 Å². The molecule has 1 fully saturated rings. The number of nitrogens with zero attached hydrogens (tertiary/aromatic N) is 2. The minimum atomic E-state index is -0.0586. The van der Waals surface area contributed by atoms with Gasteiger partial charge in [-0.25, -0.2) is 4.99 Å². The van der Waals surface area contributed by atoms with E-state index >= 15 is 0 Å². The summed E-state index contributed by atoms with van der Waals surface area (Å²) in [6, 6.07) is 7.99. The van der Waals surface area contributed by atoms with Crippen LogP contribution in [0.4, 0.5) is 0 Å². The minimum absolute atomic E-state index is 0. The summed E-state index contributed by atoms with van der Waals surface area (Å²) < 4.78 is 0. The van der Waals surface area contributed by atoms with Crippen molar-refractivity contribution < 1.29 is 4.79 Å². The Morgan fingerprint density at radius 3 is 2.78 bits per heavy atom. The highest BCUT2D eigenvalue weighted by atomic mass is 127. The van der Waals surface area contributed by atoms with Crippen molar-refractivity contribution in [1.29, 1.82) is 0 Å². The molecule has 0 heterocycles. The van der Waals surface area contributed by atoms with Crippen LogP contribution < -0.4 is 16.4 Å². The maximum Gasteiger partial charge on any atom is 0.251 e. The van der Waals surface area contributed by atoms with Crippen molar-refractivity contribution in [2.45, 2.75) is 25.4 Å². The Kier molecular flexibility index (Phi) is 8.32. The van der Waals surface area contributed by atoms with Crippen LogP contribution in [0.3, 0.4) is 0 Å². The molecule has 1 aromatic rings. The summed E-state index contributed by atoms with van der Waals surface area (Å²) in [6.45, 7) is 1.93. The highest BCUT2D eigenvalue weighted by Crippen LogP contribution is 2.18. The molecule has 1 aliphatic carbocycles. The zero-order valence-corrected chi connectivity index (χ0v) is 16.0. The Hall–Kier alpha value is -1.35. The first-order valence-electron chi connectivity index (χ1n) is 7.63. The highest BCUT2D eigenvalue weighted by molar-refractivity contribution is 14.0. The van der Waals surface area contributed by atoms with E-state index in [1.54, 1.807) is 0 Å². The van der Waals surface area contributed by atoms with Gasteiger partial charge in [0.2, 0.25) is 0 Å². The summed E-state index contributed by atoms with van der Waals surface area (Å²) in [5, 5.41) is 6.05. The second kappa shape index (κ2) is 9.71. The van der Waals surface area contributed by atoms with Gasteiger partial charge in [0.15, 0.2) is 5.96 Å².